The Morgan fingerprint density at radius 3 is 2.31 bits per heavy atom. The molecule has 1 aliphatic heterocycles. The highest BCUT2D eigenvalue weighted by Crippen LogP contribution is 2.40. The number of amides is 1. The summed E-state index contributed by atoms with van der Waals surface area (Å²) >= 11 is 0. The van der Waals surface area contributed by atoms with Gasteiger partial charge in [-0.05, 0) is 49.1 Å². The van der Waals surface area contributed by atoms with E-state index in [9.17, 15) is 27.6 Å². The Balaban J connectivity index is 2.17. The van der Waals surface area contributed by atoms with E-state index in [1.807, 2.05) is 0 Å². The quantitative estimate of drug-likeness (QED) is 0.191. The van der Waals surface area contributed by atoms with Gasteiger partial charge in [-0.15, -0.1) is 4.41 Å². The summed E-state index contributed by atoms with van der Waals surface area (Å²) in [4.78, 5) is 32.9. The van der Waals surface area contributed by atoms with Crippen molar-refractivity contribution in [1.29, 1.82) is 0 Å². The molecule has 4 N–H and O–H groups in total. The van der Waals surface area contributed by atoms with Gasteiger partial charge in [-0.3, -0.25) is 4.52 Å². The normalized spacial score (nSPS) is 17.8. The predicted molar refractivity (Wildman–Crippen MR) is 144 cm³/mol. The van der Waals surface area contributed by atoms with Crippen LogP contribution in [0, 0.1) is 5.92 Å². The van der Waals surface area contributed by atoms with Crippen molar-refractivity contribution in [2.24, 2.45) is 5.92 Å². The highest BCUT2D eigenvalue weighted by Gasteiger charge is 2.43. The molecule has 3 rings (SSSR count). The van der Waals surface area contributed by atoms with Gasteiger partial charge in [0.2, 0.25) is 0 Å². The fourth-order valence-electron chi connectivity index (χ4n) is 4.16. The first kappa shape index (κ1) is 31.0. The monoisotopic (exact) mass is 585 g/mol. The van der Waals surface area contributed by atoms with E-state index in [0.717, 1.165) is 9.42 Å². The first-order chi connectivity index (χ1) is 18.3. The lowest BCUT2D eigenvalue weighted by atomic mass is 10.0. The van der Waals surface area contributed by atoms with Gasteiger partial charge in [0.05, 0.1) is 30.3 Å². The van der Waals surface area contributed by atoms with E-state index >= 15 is 0 Å². The molecule has 3 atom stereocenters. The van der Waals surface area contributed by atoms with Gasteiger partial charge in [-0.2, -0.15) is 0 Å². The van der Waals surface area contributed by atoms with Crippen molar-refractivity contribution in [2.75, 3.05) is 25.5 Å². The van der Waals surface area contributed by atoms with Gasteiger partial charge >= 0.3 is 13.9 Å². The summed E-state index contributed by atoms with van der Waals surface area (Å²) in [6, 6.07) is 13.1. The summed E-state index contributed by atoms with van der Waals surface area (Å²) in [5, 5.41) is 0.914. The van der Waals surface area contributed by atoms with Crippen LogP contribution in [0.4, 0.5) is 10.5 Å². The molecule has 14 heteroatoms. The van der Waals surface area contributed by atoms with Crippen molar-refractivity contribution in [3.05, 3.63) is 60.2 Å². The van der Waals surface area contributed by atoms with Crippen molar-refractivity contribution in [3.63, 3.8) is 0 Å². The van der Waals surface area contributed by atoms with E-state index in [4.69, 9.17) is 19.7 Å². The van der Waals surface area contributed by atoms with E-state index in [1.54, 1.807) is 44.2 Å². The molecule has 0 aromatic heterocycles. The second-order valence-electron chi connectivity index (χ2n) is 9.74. The third-order valence-corrected chi connectivity index (χ3v) is 8.36. The number of ether oxygens (including phenoxy) is 2. The van der Waals surface area contributed by atoms with E-state index in [2.05, 4.69) is 0 Å². The fraction of sp³-hybridized carbons (Fsp3) is 0.480. The smallest absolute Gasteiger partial charge is 0.443 e. The minimum Gasteiger partial charge on any atom is -0.443 e. The molecule has 216 valence electrons. The van der Waals surface area contributed by atoms with Crippen LogP contribution in [0.1, 0.15) is 32.8 Å². The van der Waals surface area contributed by atoms with Crippen molar-refractivity contribution in [3.8, 4) is 0 Å². The van der Waals surface area contributed by atoms with Crippen LogP contribution in [0.5, 0.6) is 0 Å². The molecular weight excluding hydrogens is 549 g/mol. The van der Waals surface area contributed by atoms with Crippen LogP contribution >= 0.6 is 7.82 Å². The Morgan fingerprint density at radius 1 is 1.13 bits per heavy atom. The molecule has 0 radical (unpaired) electrons. The van der Waals surface area contributed by atoms with Gasteiger partial charge in [0.15, 0.2) is 0 Å². The van der Waals surface area contributed by atoms with Crippen molar-refractivity contribution < 1.29 is 41.6 Å². The number of nitrogens with zero attached hydrogens (tertiary/aromatic N) is 2. The number of hydrazine groups is 1. The Morgan fingerprint density at radius 2 is 1.77 bits per heavy atom. The predicted octanol–water partition coefficient (Wildman–Crippen LogP) is 3.17. The fourth-order valence-corrected chi connectivity index (χ4v) is 6.37. The molecule has 1 aliphatic rings. The van der Waals surface area contributed by atoms with E-state index in [-0.39, 0.29) is 30.4 Å². The summed E-state index contributed by atoms with van der Waals surface area (Å²) in [6.07, 6.45) is -2.51. The maximum atomic E-state index is 14.0. The number of phosphoric acid groups is 1. The molecule has 2 aromatic carbocycles. The summed E-state index contributed by atoms with van der Waals surface area (Å²) in [6.45, 7) is 5.31. The number of nitrogens with two attached hydrogens (primary N) is 1. The molecule has 1 fully saturated rings. The van der Waals surface area contributed by atoms with Crippen molar-refractivity contribution >= 4 is 29.6 Å². The van der Waals surface area contributed by atoms with Crippen LogP contribution in [0.25, 0.3) is 0 Å². The van der Waals surface area contributed by atoms with Crippen LogP contribution < -0.4 is 5.73 Å². The topological polar surface area (TPSA) is 169 Å². The average molecular weight is 586 g/mol. The SMILES string of the molecule is CC(C)CN(N(C(=O)O[C@H]1CCOC1)[C@@H](Cc1ccccc1)[C@@H](C)OP(=O)(O)O)S(=O)(=O)c1ccc(N)cc1. The number of rotatable bonds is 12. The molecule has 0 bridgehead atoms. The second-order valence-corrected chi connectivity index (χ2v) is 12.8. The van der Waals surface area contributed by atoms with Gasteiger partial charge < -0.3 is 25.0 Å². The molecule has 12 nitrogen and oxygen atoms in total. The maximum absolute atomic E-state index is 14.0. The number of hydrogen-bond acceptors (Lipinski definition) is 8. The number of sulfonamides is 1. The van der Waals surface area contributed by atoms with E-state index in [0.29, 0.717) is 24.3 Å². The van der Waals surface area contributed by atoms with Crippen LogP contribution in [-0.2, 0) is 35.0 Å². The van der Waals surface area contributed by atoms with Crippen LogP contribution in [0.15, 0.2) is 59.5 Å². The minimum atomic E-state index is -5.02. The highest BCUT2D eigenvalue weighted by molar-refractivity contribution is 7.89. The largest absolute Gasteiger partial charge is 0.469 e. The maximum Gasteiger partial charge on any atom is 0.469 e. The number of phosphoric ester groups is 1. The van der Waals surface area contributed by atoms with Gasteiger partial charge in [0, 0.05) is 18.7 Å². The lowest BCUT2D eigenvalue weighted by Gasteiger charge is -2.41. The molecule has 0 unspecified atom stereocenters. The summed E-state index contributed by atoms with van der Waals surface area (Å²) in [7, 11) is -9.41. The Labute approximate surface area is 228 Å². The molecule has 2 aromatic rings. The lowest BCUT2D eigenvalue weighted by Crippen LogP contribution is -2.59. The van der Waals surface area contributed by atoms with Crippen LogP contribution in [-0.4, -0.2) is 71.7 Å². The summed E-state index contributed by atoms with van der Waals surface area (Å²) in [5.74, 6) is -0.256. The molecule has 0 saturated carbocycles. The van der Waals surface area contributed by atoms with Crippen LogP contribution in [0.3, 0.4) is 0 Å². The van der Waals surface area contributed by atoms with E-state index in [1.165, 1.54) is 31.2 Å². The average Bonchev–Trinajstić information content (AvgIpc) is 3.35. The molecule has 39 heavy (non-hydrogen) atoms. The lowest BCUT2D eigenvalue weighted by molar-refractivity contribution is -0.0485. The first-order valence-corrected chi connectivity index (χ1v) is 15.5. The zero-order valence-electron chi connectivity index (χ0n) is 22.1. The number of anilines is 1. The zero-order valence-corrected chi connectivity index (χ0v) is 23.8. The Bertz CT molecular complexity index is 1230. The van der Waals surface area contributed by atoms with E-state index < -0.39 is 42.2 Å². The minimum absolute atomic E-state index is 0.00409. The van der Waals surface area contributed by atoms with Gasteiger partial charge in [0.1, 0.15) is 6.10 Å². The summed E-state index contributed by atoms with van der Waals surface area (Å²) < 4.78 is 56.8. The number of benzene rings is 2. The molecule has 1 heterocycles. The number of carbonyl (C=O) groups is 1. The third-order valence-electron chi connectivity index (χ3n) is 6.01. The second kappa shape index (κ2) is 13.2. The number of carbonyl (C=O) groups excluding carboxylic acids is 1. The third kappa shape index (κ3) is 8.74. The molecule has 0 aliphatic carbocycles. The summed E-state index contributed by atoms with van der Waals surface area (Å²) in [5.41, 5.74) is 6.80. The molecule has 1 saturated heterocycles. The standard InChI is InChI=1S/C25H36N3O9PS/c1-18(2)16-27(39(33,34)23-11-9-21(26)10-12-23)28(25(29)36-22-13-14-35-17-22)24(19(3)37-38(30,31)32)15-20-7-5-4-6-8-20/h4-12,18-19,22,24H,13-17,26H2,1-3H3,(H2,30,31,32)/t19-,22+,24+/m1/s1. The Kier molecular flexibility index (Phi) is 10.5. The Hall–Kier alpha value is -2.51. The number of hydrogen-bond donors (Lipinski definition) is 3. The van der Waals surface area contributed by atoms with Crippen molar-refractivity contribution in [1.82, 2.24) is 9.42 Å². The van der Waals surface area contributed by atoms with Gasteiger partial charge in [-0.25, -0.2) is 22.8 Å². The first-order valence-electron chi connectivity index (χ1n) is 12.5. The molecule has 1 amide bonds. The van der Waals surface area contributed by atoms with Gasteiger partial charge in [-0.1, -0.05) is 44.2 Å². The van der Waals surface area contributed by atoms with Crippen molar-refractivity contribution in [2.45, 2.75) is 56.8 Å². The zero-order chi connectivity index (χ0) is 28.8. The molecule has 0 spiro atoms. The van der Waals surface area contributed by atoms with Gasteiger partial charge in [0.25, 0.3) is 10.0 Å². The van der Waals surface area contributed by atoms with Crippen LogP contribution in [0.2, 0.25) is 0 Å². The molecular formula is C25H36N3O9PS. The highest BCUT2D eigenvalue weighted by atomic mass is 32.2. The number of nitrogen functional groups attached to an aromatic ring is 1.